The van der Waals surface area contributed by atoms with Crippen LogP contribution in [0.2, 0.25) is 0 Å². The standard InChI is InChI=1S/C10H16N4OS/c15-9(7-16-10-6-11-14-13-10)12-8-4-2-1-3-5-8/h6,8H,1-5,7H2,(H,12,15)(H,11,13,14). The monoisotopic (exact) mass is 240 g/mol. The first kappa shape index (κ1) is 11.4. The van der Waals surface area contributed by atoms with Crippen LogP contribution in [0.1, 0.15) is 32.1 Å². The Labute approximate surface area is 98.8 Å². The highest BCUT2D eigenvalue weighted by atomic mass is 32.2. The molecule has 0 radical (unpaired) electrons. The van der Waals surface area contributed by atoms with Gasteiger partial charge in [0.25, 0.3) is 0 Å². The number of nitrogens with zero attached hydrogens (tertiary/aromatic N) is 2. The number of carbonyl (C=O) groups excluding carboxylic acids is 1. The molecule has 0 unspecified atom stereocenters. The summed E-state index contributed by atoms with van der Waals surface area (Å²) in [5.41, 5.74) is 0. The van der Waals surface area contributed by atoms with Crippen molar-refractivity contribution in [3.05, 3.63) is 6.20 Å². The lowest BCUT2D eigenvalue weighted by Crippen LogP contribution is -2.37. The second-order valence-electron chi connectivity index (χ2n) is 4.00. The Morgan fingerprint density at radius 2 is 2.31 bits per heavy atom. The third kappa shape index (κ3) is 3.52. The Morgan fingerprint density at radius 3 is 3.00 bits per heavy atom. The Bertz CT molecular complexity index is 322. The van der Waals surface area contributed by atoms with Crippen molar-refractivity contribution in [3.63, 3.8) is 0 Å². The van der Waals surface area contributed by atoms with Gasteiger partial charge in [0.05, 0.1) is 11.9 Å². The molecule has 0 atom stereocenters. The van der Waals surface area contributed by atoms with Crippen LogP contribution in [0, 0.1) is 0 Å². The molecule has 0 saturated heterocycles. The third-order valence-corrected chi connectivity index (χ3v) is 3.61. The molecule has 0 bridgehead atoms. The highest BCUT2D eigenvalue weighted by molar-refractivity contribution is 7.99. The number of H-pyrrole nitrogens is 1. The van der Waals surface area contributed by atoms with E-state index in [4.69, 9.17) is 0 Å². The summed E-state index contributed by atoms with van der Waals surface area (Å²) in [5.74, 6) is 0.517. The fraction of sp³-hybridized carbons (Fsp3) is 0.700. The van der Waals surface area contributed by atoms with E-state index in [1.807, 2.05) is 0 Å². The van der Waals surface area contributed by atoms with Gasteiger partial charge in [-0.1, -0.05) is 31.0 Å². The lowest BCUT2D eigenvalue weighted by molar-refractivity contribution is -0.119. The van der Waals surface area contributed by atoms with Gasteiger partial charge in [-0.05, 0) is 12.8 Å². The third-order valence-electron chi connectivity index (χ3n) is 2.71. The van der Waals surface area contributed by atoms with E-state index in [0.717, 1.165) is 17.9 Å². The first-order valence-corrected chi connectivity index (χ1v) is 6.61. The van der Waals surface area contributed by atoms with Crippen molar-refractivity contribution >= 4 is 17.7 Å². The molecule has 88 valence electrons. The van der Waals surface area contributed by atoms with Crippen LogP contribution >= 0.6 is 11.8 Å². The number of rotatable bonds is 4. The van der Waals surface area contributed by atoms with E-state index in [0.29, 0.717) is 11.8 Å². The van der Waals surface area contributed by atoms with Crippen molar-refractivity contribution in [2.45, 2.75) is 43.2 Å². The van der Waals surface area contributed by atoms with Crippen molar-refractivity contribution < 1.29 is 4.79 Å². The number of nitrogens with one attached hydrogen (secondary N) is 2. The molecular weight excluding hydrogens is 224 g/mol. The Balaban J connectivity index is 1.67. The van der Waals surface area contributed by atoms with Gasteiger partial charge in [0, 0.05) is 6.04 Å². The van der Waals surface area contributed by atoms with Gasteiger partial charge in [0.15, 0.2) is 0 Å². The zero-order valence-electron chi connectivity index (χ0n) is 9.11. The van der Waals surface area contributed by atoms with Gasteiger partial charge in [-0.2, -0.15) is 10.3 Å². The smallest absolute Gasteiger partial charge is 0.230 e. The number of aromatic amines is 1. The zero-order valence-corrected chi connectivity index (χ0v) is 9.92. The molecule has 1 aromatic rings. The maximum atomic E-state index is 11.6. The quantitative estimate of drug-likeness (QED) is 0.779. The summed E-state index contributed by atoms with van der Waals surface area (Å²) in [7, 11) is 0. The minimum Gasteiger partial charge on any atom is -0.353 e. The zero-order chi connectivity index (χ0) is 11.2. The van der Waals surface area contributed by atoms with E-state index in [1.54, 1.807) is 6.20 Å². The molecule has 1 heterocycles. The largest absolute Gasteiger partial charge is 0.353 e. The van der Waals surface area contributed by atoms with E-state index in [1.165, 1.54) is 31.0 Å². The van der Waals surface area contributed by atoms with Gasteiger partial charge >= 0.3 is 0 Å². The van der Waals surface area contributed by atoms with Gasteiger partial charge in [-0.25, -0.2) is 0 Å². The molecule has 0 aromatic carbocycles. The number of hydrogen-bond donors (Lipinski definition) is 2. The summed E-state index contributed by atoms with van der Waals surface area (Å²) < 4.78 is 0. The molecule has 1 aliphatic rings. The Morgan fingerprint density at radius 1 is 1.50 bits per heavy atom. The minimum atomic E-state index is 0.0971. The molecule has 5 nitrogen and oxygen atoms in total. The van der Waals surface area contributed by atoms with Crippen LogP contribution in [0.5, 0.6) is 0 Å². The van der Waals surface area contributed by atoms with Crippen LogP contribution < -0.4 is 5.32 Å². The maximum absolute atomic E-state index is 11.6. The van der Waals surface area contributed by atoms with Gasteiger partial charge in [0.1, 0.15) is 5.03 Å². The average Bonchev–Trinajstić information content (AvgIpc) is 2.81. The molecule has 16 heavy (non-hydrogen) atoms. The van der Waals surface area contributed by atoms with Gasteiger partial charge in [0.2, 0.25) is 5.91 Å². The van der Waals surface area contributed by atoms with Crippen molar-refractivity contribution in [1.29, 1.82) is 0 Å². The van der Waals surface area contributed by atoms with Crippen LogP contribution in [0.4, 0.5) is 0 Å². The molecule has 2 rings (SSSR count). The van der Waals surface area contributed by atoms with E-state index >= 15 is 0 Å². The van der Waals surface area contributed by atoms with E-state index in [-0.39, 0.29) is 5.91 Å². The summed E-state index contributed by atoms with van der Waals surface area (Å²) in [4.78, 5) is 11.6. The highest BCUT2D eigenvalue weighted by Crippen LogP contribution is 2.18. The van der Waals surface area contributed by atoms with Crippen LogP contribution in [0.25, 0.3) is 0 Å². The summed E-state index contributed by atoms with van der Waals surface area (Å²) in [6, 6.07) is 0.388. The van der Waals surface area contributed by atoms with Gasteiger partial charge in [-0.15, -0.1) is 5.10 Å². The average molecular weight is 240 g/mol. The minimum absolute atomic E-state index is 0.0971. The van der Waals surface area contributed by atoms with Crippen LogP contribution in [-0.2, 0) is 4.79 Å². The number of hydrogen-bond acceptors (Lipinski definition) is 4. The predicted molar refractivity (Wildman–Crippen MR) is 62.1 cm³/mol. The van der Waals surface area contributed by atoms with E-state index < -0.39 is 0 Å². The molecule has 0 aliphatic heterocycles. The maximum Gasteiger partial charge on any atom is 0.230 e. The molecule has 0 spiro atoms. The van der Waals surface area contributed by atoms with Crippen molar-refractivity contribution in [2.24, 2.45) is 0 Å². The van der Waals surface area contributed by atoms with Crippen molar-refractivity contribution in [1.82, 2.24) is 20.7 Å². The topological polar surface area (TPSA) is 70.7 Å². The highest BCUT2D eigenvalue weighted by Gasteiger charge is 2.15. The lowest BCUT2D eigenvalue weighted by Gasteiger charge is -2.22. The summed E-state index contributed by atoms with van der Waals surface area (Å²) >= 11 is 1.41. The first-order valence-electron chi connectivity index (χ1n) is 5.62. The summed E-state index contributed by atoms with van der Waals surface area (Å²) in [6.07, 6.45) is 7.65. The summed E-state index contributed by atoms with van der Waals surface area (Å²) in [5, 5.41) is 13.9. The second kappa shape index (κ2) is 5.89. The van der Waals surface area contributed by atoms with E-state index in [9.17, 15) is 4.79 Å². The fourth-order valence-corrected chi connectivity index (χ4v) is 2.51. The number of aromatic nitrogens is 3. The van der Waals surface area contributed by atoms with Gasteiger partial charge < -0.3 is 5.32 Å². The number of thioether (sulfide) groups is 1. The molecule has 1 fully saturated rings. The molecule has 1 aromatic heterocycles. The number of carbonyl (C=O) groups is 1. The number of amides is 1. The van der Waals surface area contributed by atoms with Crippen LogP contribution in [0.3, 0.4) is 0 Å². The van der Waals surface area contributed by atoms with Gasteiger partial charge in [-0.3, -0.25) is 4.79 Å². The van der Waals surface area contributed by atoms with E-state index in [2.05, 4.69) is 20.7 Å². The lowest BCUT2D eigenvalue weighted by atomic mass is 9.95. The second-order valence-corrected chi connectivity index (χ2v) is 4.99. The predicted octanol–water partition coefficient (Wildman–Crippen LogP) is 1.35. The molecule has 6 heteroatoms. The Hall–Kier alpha value is -1.04. The fourth-order valence-electron chi connectivity index (χ4n) is 1.92. The van der Waals surface area contributed by atoms with Crippen molar-refractivity contribution in [2.75, 3.05) is 5.75 Å². The molecule has 2 N–H and O–H groups in total. The van der Waals surface area contributed by atoms with Crippen LogP contribution in [-0.4, -0.2) is 33.1 Å². The summed E-state index contributed by atoms with van der Waals surface area (Å²) in [6.45, 7) is 0. The SMILES string of the molecule is O=C(CSc1cn[nH]n1)NC1CCCCC1. The molecule has 1 amide bonds. The van der Waals surface area contributed by atoms with Crippen molar-refractivity contribution in [3.8, 4) is 0 Å². The first-order chi connectivity index (χ1) is 7.84. The Kier molecular flexibility index (Phi) is 4.21. The molecular formula is C10H16N4OS. The normalized spacial score (nSPS) is 17.2. The molecule has 1 aliphatic carbocycles. The van der Waals surface area contributed by atoms with Crippen LogP contribution in [0.15, 0.2) is 11.2 Å². The molecule has 1 saturated carbocycles.